The van der Waals surface area contributed by atoms with Crippen molar-refractivity contribution in [3.8, 4) is 0 Å². The van der Waals surface area contributed by atoms with E-state index in [1.54, 1.807) is 11.0 Å². The van der Waals surface area contributed by atoms with Crippen LogP contribution in [0.25, 0.3) is 0 Å². The van der Waals surface area contributed by atoms with Crippen LogP contribution in [0.1, 0.15) is 36.8 Å². The van der Waals surface area contributed by atoms with E-state index in [1.165, 1.54) is 6.08 Å². The molecule has 0 aromatic heterocycles. The zero-order chi connectivity index (χ0) is 25.0. The van der Waals surface area contributed by atoms with E-state index in [1.807, 2.05) is 12.1 Å². The highest BCUT2D eigenvalue weighted by atomic mass is 35.5. The van der Waals surface area contributed by atoms with Gasteiger partial charge in [-0.05, 0) is 36.5 Å². The number of carbonyl (C=O) groups is 3. The molecule has 2 saturated carbocycles. The fourth-order valence-corrected chi connectivity index (χ4v) is 6.36. The van der Waals surface area contributed by atoms with Gasteiger partial charge in [0, 0.05) is 30.5 Å². The predicted molar refractivity (Wildman–Crippen MR) is 134 cm³/mol. The van der Waals surface area contributed by atoms with Gasteiger partial charge in [-0.3, -0.25) is 19.2 Å². The van der Waals surface area contributed by atoms with Gasteiger partial charge >= 0.3 is 6.09 Å². The molecule has 2 aliphatic heterocycles. The van der Waals surface area contributed by atoms with Crippen molar-refractivity contribution in [2.45, 2.75) is 61.7 Å². The molecule has 0 radical (unpaired) electrons. The standard InChI is InChI=1S/C23H27ClN4O6S.ClH/c1-2-14-9-23(14,21(30)27-35(32,33)16-6-7-16)26-20(29)19-8-15(10-25-19)34-22(31)28-11-13-4-3-5-18(24)17(13)12-28;/h2-5,14-16,19,25H,1,6-12H2,(H,26,29)(H,27,30);1H/t14-,15-,19+,23-;/m1./s1. The highest BCUT2D eigenvalue weighted by molar-refractivity contribution is 7.91. The zero-order valence-electron chi connectivity index (χ0n) is 19.4. The first-order valence-corrected chi connectivity index (χ1v) is 13.5. The fraction of sp³-hybridized carbons (Fsp3) is 0.522. The number of nitrogens with one attached hydrogen (secondary N) is 3. The summed E-state index contributed by atoms with van der Waals surface area (Å²) < 4.78 is 32.2. The molecule has 3 amide bonds. The van der Waals surface area contributed by atoms with Crippen LogP contribution in [0.4, 0.5) is 4.79 Å². The number of benzene rings is 1. The molecule has 13 heteroatoms. The number of nitrogens with zero attached hydrogens (tertiary/aromatic N) is 1. The van der Waals surface area contributed by atoms with E-state index < -0.39 is 50.9 Å². The third kappa shape index (κ3) is 5.06. The van der Waals surface area contributed by atoms with Gasteiger partial charge in [0.2, 0.25) is 15.9 Å². The van der Waals surface area contributed by atoms with Gasteiger partial charge in [-0.1, -0.05) is 29.8 Å². The number of hydrogen-bond donors (Lipinski definition) is 3. The maximum atomic E-state index is 12.9. The maximum absolute atomic E-state index is 12.9. The van der Waals surface area contributed by atoms with E-state index >= 15 is 0 Å². The summed E-state index contributed by atoms with van der Waals surface area (Å²) in [5.74, 6) is -1.55. The molecule has 3 N–H and O–H groups in total. The molecule has 0 unspecified atom stereocenters. The number of ether oxygens (including phenoxy) is 1. The molecule has 2 heterocycles. The van der Waals surface area contributed by atoms with Gasteiger partial charge in [0.1, 0.15) is 11.6 Å². The highest BCUT2D eigenvalue weighted by Crippen LogP contribution is 2.45. The van der Waals surface area contributed by atoms with Crippen LogP contribution in [0, 0.1) is 5.92 Å². The molecule has 4 atom stereocenters. The number of amides is 3. The number of hydrogen-bond acceptors (Lipinski definition) is 7. The number of carbonyl (C=O) groups excluding carboxylic acids is 3. The highest BCUT2D eigenvalue weighted by Gasteiger charge is 2.61. The van der Waals surface area contributed by atoms with E-state index in [0.29, 0.717) is 31.0 Å². The summed E-state index contributed by atoms with van der Waals surface area (Å²) in [6, 6.07) is 4.85. The summed E-state index contributed by atoms with van der Waals surface area (Å²) in [6.07, 6.45) is 2.08. The summed E-state index contributed by atoms with van der Waals surface area (Å²) in [6.45, 7) is 4.74. The van der Waals surface area contributed by atoms with Crippen molar-refractivity contribution in [1.82, 2.24) is 20.3 Å². The smallest absolute Gasteiger partial charge is 0.410 e. The van der Waals surface area contributed by atoms with E-state index in [0.717, 1.165) is 11.1 Å². The van der Waals surface area contributed by atoms with Crippen molar-refractivity contribution in [3.05, 3.63) is 47.0 Å². The molecule has 5 rings (SSSR count). The molecule has 1 aromatic carbocycles. The summed E-state index contributed by atoms with van der Waals surface area (Å²) in [7, 11) is -3.74. The lowest BCUT2D eigenvalue weighted by Gasteiger charge is -2.21. The van der Waals surface area contributed by atoms with Crippen LogP contribution in [0.5, 0.6) is 0 Å². The summed E-state index contributed by atoms with van der Waals surface area (Å²) in [5, 5.41) is 5.81. The average Bonchev–Trinajstić information content (AvgIpc) is 3.69. The van der Waals surface area contributed by atoms with Crippen LogP contribution in [0.15, 0.2) is 30.9 Å². The summed E-state index contributed by atoms with van der Waals surface area (Å²) >= 11 is 6.22. The molecule has 10 nitrogen and oxygen atoms in total. The minimum Gasteiger partial charge on any atom is -0.445 e. The molecule has 1 saturated heterocycles. The van der Waals surface area contributed by atoms with Crippen molar-refractivity contribution < 1.29 is 27.5 Å². The van der Waals surface area contributed by atoms with Gasteiger partial charge in [0.15, 0.2) is 0 Å². The van der Waals surface area contributed by atoms with Crippen LogP contribution >= 0.6 is 24.0 Å². The van der Waals surface area contributed by atoms with Gasteiger partial charge in [0.25, 0.3) is 5.91 Å². The zero-order valence-corrected chi connectivity index (χ0v) is 21.8. The van der Waals surface area contributed by atoms with Crippen molar-refractivity contribution in [2.75, 3.05) is 6.54 Å². The van der Waals surface area contributed by atoms with E-state index in [4.69, 9.17) is 16.3 Å². The molecule has 1 aromatic rings. The van der Waals surface area contributed by atoms with Crippen LogP contribution in [0.3, 0.4) is 0 Å². The first-order valence-electron chi connectivity index (χ1n) is 11.6. The average molecular weight is 559 g/mol. The SMILES string of the molecule is C=C[C@@H]1C[C@]1(NC(=O)[C@@H]1C[C@@H](OC(=O)N2Cc3cccc(Cl)c3C2)CN1)C(=O)NS(=O)(=O)C1CC1.Cl. The van der Waals surface area contributed by atoms with E-state index in [2.05, 4.69) is 21.9 Å². The first-order chi connectivity index (χ1) is 16.6. The van der Waals surface area contributed by atoms with E-state index in [9.17, 15) is 22.8 Å². The van der Waals surface area contributed by atoms with Gasteiger partial charge in [-0.25, -0.2) is 13.2 Å². The topological polar surface area (TPSA) is 134 Å². The molecular weight excluding hydrogens is 531 g/mol. The normalized spacial score (nSPS) is 28.5. The van der Waals surface area contributed by atoms with Crippen LogP contribution in [-0.4, -0.2) is 60.7 Å². The lowest BCUT2D eigenvalue weighted by Crippen LogP contribution is -2.55. The van der Waals surface area contributed by atoms with Crippen LogP contribution in [0.2, 0.25) is 5.02 Å². The Morgan fingerprint density at radius 2 is 2.00 bits per heavy atom. The Bertz CT molecular complexity index is 1210. The maximum Gasteiger partial charge on any atom is 0.410 e. The number of sulfonamides is 1. The van der Waals surface area contributed by atoms with Gasteiger partial charge in [-0.15, -0.1) is 19.0 Å². The largest absolute Gasteiger partial charge is 0.445 e. The van der Waals surface area contributed by atoms with Crippen molar-refractivity contribution in [2.24, 2.45) is 5.92 Å². The fourth-order valence-electron chi connectivity index (χ4n) is 4.74. The summed E-state index contributed by atoms with van der Waals surface area (Å²) in [4.78, 5) is 40.0. The number of halogens is 2. The number of fused-ring (bicyclic) bond motifs is 1. The second-order valence-electron chi connectivity index (χ2n) is 9.62. The summed E-state index contributed by atoms with van der Waals surface area (Å²) in [5.41, 5.74) is 0.545. The second-order valence-corrected chi connectivity index (χ2v) is 12.0. The Hall–Kier alpha value is -2.34. The third-order valence-electron chi connectivity index (χ3n) is 7.11. The molecule has 0 spiro atoms. The van der Waals surface area contributed by atoms with Crippen molar-refractivity contribution >= 4 is 51.9 Å². The second kappa shape index (κ2) is 9.85. The Balaban J connectivity index is 0.00000304. The predicted octanol–water partition coefficient (Wildman–Crippen LogP) is 1.61. The molecule has 0 bridgehead atoms. The lowest BCUT2D eigenvalue weighted by atomic mass is 10.1. The minimum absolute atomic E-state index is 0. The van der Waals surface area contributed by atoms with E-state index in [-0.39, 0.29) is 37.7 Å². The number of rotatable bonds is 7. The molecule has 3 fully saturated rings. The van der Waals surface area contributed by atoms with Gasteiger partial charge < -0.3 is 15.4 Å². The minimum atomic E-state index is -3.74. The molecule has 36 heavy (non-hydrogen) atoms. The molecular formula is C23H28Cl2N4O6S. The van der Waals surface area contributed by atoms with Crippen molar-refractivity contribution in [3.63, 3.8) is 0 Å². The van der Waals surface area contributed by atoms with Crippen molar-refractivity contribution in [1.29, 1.82) is 0 Å². The van der Waals surface area contributed by atoms with Crippen LogP contribution in [-0.2, 0) is 37.4 Å². The van der Waals surface area contributed by atoms with Gasteiger partial charge in [0.05, 0.1) is 17.8 Å². The first kappa shape index (κ1) is 26.7. The molecule has 4 aliphatic rings. The Kier molecular flexibility index (Phi) is 7.31. The van der Waals surface area contributed by atoms with Crippen LogP contribution < -0.4 is 15.4 Å². The quantitative estimate of drug-likeness (QED) is 0.433. The third-order valence-corrected chi connectivity index (χ3v) is 9.28. The Morgan fingerprint density at radius 3 is 2.64 bits per heavy atom. The van der Waals surface area contributed by atoms with Gasteiger partial charge in [-0.2, -0.15) is 0 Å². The Morgan fingerprint density at radius 1 is 1.25 bits per heavy atom. The lowest BCUT2D eigenvalue weighted by molar-refractivity contribution is -0.130. The Labute approximate surface area is 220 Å². The molecule has 196 valence electrons. The monoisotopic (exact) mass is 558 g/mol. The molecule has 2 aliphatic carbocycles.